The molecule has 13 heavy (non-hydrogen) atoms. The molecule has 0 bridgehead atoms. The van der Waals surface area contributed by atoms with E-state index < -0.39 is 12.1 Å². The first-order valence-electron chi connectivity index (χ1n) is 4.66. The number of rotatable bonds is 4. The summed E-state index contributed by atoms with van der Waals surface area (Å²) in [5.74, 6) is -0.921. The van der Waals surface area contributed by atoms with Crippen molar-refractivity contribution in [2.45, 2.75) is 38.4 Å². The molecule has 0 radical (unpaired) electrons. The molecule has 76 valence electrons. The third kappa shape index (κ3) is 3.74. The van der Waals surface area contributed by atoms with Crippen LogP contribution in [-0.2, 0) is 14.3 Å². The third-order valence-corrected chi connectivity index (χ3v) is 2.15. The number of aliphatic carboxylic acids is 1. The van der Waals surface area contributed by atoms with E-state index >= 15 is 0 Å². The van der Waals surface area contributed by atoms with Gasteiger partial charge in [0, 0.05) is 6.61 Å². The number of carboxylic acid groups (broad SMARTS) is 1. The van der Waals surface area contributed by atoms with Crippen LogP contribution < -0.4 is 0 Å². The molecule has 2 atom stereocenters. The van der Waals surface area contributed by atoms with Gasteiger partial charge in [0.05, 0.1) is 12.7 Å². The van der Waals surface area contributed by atoms with Gasteiger partial charge in [-0.2, -0.15) is 0 Å². The van der Waals surface area contributed by atoms with Crippen LogP contribution in [0.4, 0.5) is 0 Å². The van der Waals surface area contributed by atoms with Gasteiger partial charge in [0.25, 0.3) is 0 Å². The second-order valence-electron chi connectivity index (χ2n) is 3.30. The molecule has 1 fully saturated rings. The normalized spacial score (nSPS) is 25.5. The Balaban J connectivity index is 2.13. The molecule has 0 spiro atoms. The molecular formula is C9H16O4. The zero-order valence-corrected chi connectivity index (χ0v) is 7.86. The van der Waals surface area contributed by atoms with Crippen molar-refractivity contribution in [3.63, 3.8) is 0 Å². The van der Waals surface area contributed by atoms with E-state index in [0.717, 1.165) is 25.9 Å². The molecule has 4 nitrogen and oxygen atoms in total. The largest absolute Gasteiger partial charge is 0.479 e. The molecule has 1 rings (SSSR count). The van der Waals surface area contributed by atoms with E-state index in [4.69, 9.17) is 14.6 Å². The zero-order chi connectivity index (χ0) is 9.68. The fraction of sp³-hybridized carbons (Fsp3) is 0.889. The molecule has 1 heterocycles. The van der Waals surface area contributed by atoms with E-state index in [1.165, 1.54) is 6.92 Å². The Kier molecular flexibility index (Phi) is 4.18. The van der Waals surface area contributed by atoms with E-state index in [1.807, 2.05) is 0 Å². The maximum Gasteiger partial charge on any atom is 0.332 e. The molecule has 0 amide bonds. The number of hydrogen-bond donors (Lipinski definition) is 1. The van der Waals surface area contributed by atoms with Crippen molar-refractivity contribution in [3.05, 3.63) is 0 Å². The smallest absolute Gasteiger partial charge is 0.332 e. The fourth-order valence-electron chi connectivity index (χ4n) is 1.26. The Hall–Kier alpha value is -0.610. The van der Waals surface area contributed by atoms with Crippen molar-refractivity contribution < 1.29 is 19.4 Å². The van der Waals surface area contributed by atoms with Crippen molar-refractivity contribution in [1.29, 1.82) is 0 Å². The SMILES string of the molecule is C[C@H](OC[C@@H]1CCCCO1)C(=O)O. The summed E-state index contributed by atoms with van der Waals surface area (Å²) in [6, 6.07) is 0. The Morgan fingerprint density at radius 2 is 2.46 bits per heavy atom. The standard InChI is InChI=1S/C9H16O4/c1-7(9(10)11)13-6-8-4-2-3-5-12-8/h7-8H,2-6H2,1H3,(H,10,11)/t7-,8-/m0/s1. The number of hydrogen-bond acceptors (Lipinski definition) is 3. The van der Waals surface area contributed by atoms with Crippen molar-refractivity contribution in [1.82, 2.24) is 0 Å². The summed E-state index contributed by atoms with van der Waals surface area (Å²) in [5, 5.41) is 8.55. The molecule has 1 aliphatic heterocycles. The molecular weight excluding hydrogens is 172 g/mol. The minimum Gasteiger partial charge on any atom is -0.479 e. The van der Waals surface area contributed by atoms with Crippen molar-refractivity contribution >= 4 is 5.97 Å². The highest BCUT2D eigenvalue weighted by Gasteiger charge is 2.17. The summed E-state index contributed by atoms with van der Waals surface area (Å²) < 4.78 is 10.5. The summed E-state index contributed by atoms with van der Waals surface area (Å²) in [6.45, 7) is 2.70. The lowest BCUT2D eigenvalue weighted by atomic mass is 10.1. The van der Waals surface area contributed by atoms with Gasteiger partial charge in [-0.05, 0) is 26.2 Å². The second kappa shape index (κ2) is 5.19. The summed E-state index contributed by atoms with van der Waals surface area (Å²) in [4.78, 5) is 10.4. The van der Waals surface area contributed by atoms with Gasteiger partial charge in [0.1, 0.15) is 0 Å². The second-order valence-corrected chi connectivity index (χ2v) is 3.30. The van der Waals surface area contributed by atoms with E-state index in [-0.39, 0.29) is 6.10 Å². The minimum absolute atomic E-state index is 0.0931. The van der Waals surface area contributed by atoms with Gasteiger partial charge in [-0.25, -0.2) is 4.79 Å². The summed E-state index contributed by atoms with van der Waals surface area (Å²) in [6.07, 6.45) is 2.59. The van der Waals surface area contributed by atoms with Gasteiger partial charge in [-0.3, -0.25) is 0 Å². The summed E-state index contributed by atoms with van der Waals surface area (Å²) >= 11 is 0. The van der Waals surface area contributed by atoms with Crippen LogP contribution in [0.3, 0.4) is 0 Å². The van der Waals surface area contributed by atoms with Gasteiger partial charge in [0.15, 0.2) is 6.10 Å². The Morgan fingerprint density at radius 3 is 3.00 bits per heavy atom. The fourth-order valence-corrected chi connectivity index (χ4v) is 1.26. The summed E-state index contributed by atoms with van der Waals surface area (Å²) in [7, 11) is 0. The summed E-state index contributed by atoms with van der Waals surface area (Å²) in [5.41, 5.74) is 0. The van der Waals surface area contributed by atoms with Gasteiger partial charge in [-0.1, -0.05) is 0 Å². The Labute approximate surface area is 77.8 Å². The molecule has 0 aromatic heterocycles. The number of carboxylic acids is 1. The molecule has 1 aliphatic rings. The average molecular weight is 188 g/mol. The van der Waals surface area contributed by atoms with Crippen LogP contribution in [0, 0.1) is 0 Å². The quantitative estimate of drug-likeness (QED) is 0.716. The van der Waals surface area contributed by atoms with Gasteiger partial charge in [0.2, 0.25) is 0 Å². The maximum atomic E-state index is 10.4. The van der Waals surface area contributed by atoms with E-state index in [2.05, 4.69) is 0 Å². The monoisotopic (exact) mass is 188 g/mol. The van der Waals surface area contributed by atoms with Crippen LogP contribution in [-0.4, -0.2) is 36.5 Å². The van der Waals surface area contributed by atoms with Crippen molar-refractivity contribution in [2.75, 3.05) is 13.2 Å². The first-order valence-corrected chi connectivity index (χ1v) is 4.66. The van der Waals surface area contributed by atoms with E-state index in [0.29, 0.717) is 6.61 Å². The molecule has 4 heteroatoms. The van der Waals surface area contributed by atoms with Crippen molar-refractivity contribution in [2.24, 2.45) is 0 Å². The van der Waals surface area contributed by atoms with Crippen LogP contribution in [0.25, 0.3) is 0 Å². The van der Waals surface area contributed by atoms with Gasteiger partial charge in [-0.15, -0.1) is 0 Å². The van der Waals surface area contributed by atoms with Crippen LogP contribution in [0.1, 0.15) is 26.2 Å². The van der Waals surface area contributed by atoms with E-state index in [1.54, 1.807) is 0 Å². The predicted molar refractivity (Wildman–Crippen MR) is 46.6 cm³/mol. The third-order valence-electron chi connectivity index (χ3n) is 2.15. The molecule has 0 aromatic rings. The van der Waals surface area contributed by atoms with Gasteiger partial charge < -0.3 is 14.6 Å². The lowest BCUT2D eigenvalue weighted by Crippen LogP contribution is -2.29. The molecule has 0 saturated carbocycles. The van der Waals surface area contributed by atoms with Crippen LogP contribution in [0.2, 0.25) is 0 Å². The predicted octanol–water partition coefficient (Wildman–Crippen LogP) is 1.05. The average Bonchev–Trinajstić information content (AvgIpc) is 2.15. The van der Waals surface area contributed by atoms with Crippen LogP contribution in [0.5, 0.6) is 0 Å². The minimum atomic E-state index is -0.921. The molecule has 0 aliphatic carbocycles. The Bertz CT molecular complexity index is 163. The maximum absolute atomic E-state index is 10.4. The number of ether oxygens (including phenoxy) is 2. The van der Waals surface area contributed by atoms with Gasteiger partial charge >= 0.3 is 5.97 Å². The Morgan fingerprint density at radius 1 is 1.69 bits per heavy atom. The highest BCUT2D eigenvalue weighted by atomic mass is 16.5. The highest BCUT2D eigenvalue weighted by Crippen LogP contribution is 2.13. The lowest BCUT2D eigenvalue weighted by molar-refractivity contribution is -0.152. The topological polar surface area (TPSA) is 55.8 Å². The lowest BCUT2D eigenvalue weighted by Gasteiger charge is -2.23. The zero-order valence-electron chi connectivity index (χ0n) is 7.86. The van der Waals surface area contributed by atoms with Crippen molar-refractivity contribution in [3.8, 4) is 0 Å². The van der Waals surface area contributed by atoms with Crippen LogP contribution >= 0.6 is 0 Å². The molecule has 1 saturated heterocycles. The van der Waals surface area contributed by atoms with E-state index in [9.17, 15) is 4.79 Å². The molecule has 0 aromatic carbocycles. The highest BCUT2D eigenvalue weighted by molar-refractivity contribution is 5.71. The first kappa shape index (κ1) is 10.5. The molecule has 1 N–H and O–H groups in total. The number of carbonyl (C=O) groups is 1. The molecule has 0 unspecified atom stereocenters. The van der Waals surface area contributed by atoms with Crippen LogP contribution in [0.15, 0.2) is 0 Å². The first-order chi connectivity index (χ1) is 6.20.